The Kier molecular flexibility index (Phi) is 4.26. The van der Waals surface area contributed by atoms with E-state index in [4.69, 9.17) is 16.1 Å². The summed E-state index contributed by atoms with van der Waals surface area (Å²) >= 11 is 5.67. The molecule has 20 heavy (non-hydrogen) atoms. The number of carbonyl (C=O) groups excluding carboxylic acids is 1. The van der Waals surface area contributed by atoms with Gasteiger partial charge in [-0.15, -0.1) is 0 Å². The predicted octanol–water partition coefficient (Wildman–Crippen LogP) is 1.60. The van der Waals surface area contributed by atoms with Crippen molar-refractivity contribution in [3.63, 3.8) is 0 Å². The molecule has 0 bridgehead atoms. The van der Waals surface area contributed by atoms with E-state index in [1.165, 1.54) is 18.5 Å². The predicted molar refractivity (Wildman–Crippen MR) is 68.4 cm³/mol. The van der Waals surface area contributed by atoms with Gasteiger partial charge in [-0.25, -0.2) is 0 Å². The summed E-state index contributed by atoms with van der Waals surface area (Å²) in [6.07, 6.45) is 1.64. The highest BCUT2D eigenvalue weighted by Gasteiger charge is 2.16. The Morgan fingerprint density at radius 2 is 2.30 bits per heavy atom. The maximum absolute atomic E-state index is 11.8. The first-order chi connectivity index (χ1) is 9.58. The molecular weight excluding hydrogens is 288 g/mol. The van der Waals surface area contributed by atoms with Crippen LogP contribution in [0.5, 0.6) is 0 Å². The molecule has 1 heterocycles. The van der Waals surface area contributed by atoms with Gasteiger partial charge in [-0.3, -0.25) is 14.9 Å². The van der Waals surface area contributed by atoms with E-state index < -0.39 is 10.8 Å². The molecule has 1 amide bonds. The lowest BCUT2D eigenvalue weighted by Crippen LogP contribution is -2.25. The third kappa shape index (κ3) is 3.29. The van der Waals surface area contributed by atoms with Crippen LogP contribution < -0.4 is 5.32 Å². The number of carbonyl (C=O) groups is 1. The average Bonchev–Trinajstić information content (AvgIpc) is 2.92. The third-order valence-electron chi connectivity index (χ3n) is 2.44. The largest absolute Gasteiger partial charge is 0.352 e. The average molecular weight is 297 g/mol. The molecule has 0 saturated carbocycles. The van der Waals surface area contributed by atoms with Gasteiger partial charge in [-0.05, 0) is 12.1 Å². The topological polar surface area (TPSA) is 111 Å². The monoisotopic (exact) mass is 296 g/mol. The fourth-order valence-electron chi connectivity index (χ4n) is 1.48. The molecule has 104 valence electrons. The smallest absolute Gasteiger partial charge is 0.288 e. The van der Waals surface area contributed by atoms with Crippen LogP contribution >= 0.6 is 11.6 Å². The molecule has 0 aliphatic heterocycles. The van der Waals surface area contributed by atoms with Gasteiger partial charge >= 0.3 is 0 Å². The first-order valence-electron chi connectivity index (χ1n) is 5.55. The lowest BCUT2D eigenvalue weighted by Gasteiger charge is -2.04. The van der Waals surface area contributed by atoms with Gasteiger partial charge in [0.25, 0.3) is 11.6 Å². The van der Waals surface area contributed by atoms with E-state index >= 15 is 0 Å². The number of hydrogen-bond donors (Lipinski definition) is 1. The zero-order valence-electron chi connectivity index (χ0n) is 10.1. The SMILES string of the molecule is O=C(NCCc1ncno1)c1ccc(Cl)c([N+](=O)[O-])c1. The standard InChI is InChI=1S/C11H9ClN4O4/c12-8-2-1-7(5-9(8)16(18)19)11(17)13-4-3-10-14-6-15-20-10/h1-2,5-6H,3-4H2,(H,13,17). The van der Waals surface area contributed by atoms with Crippen LogP contribution in [0.15, 0.2) is 29.0 Å². The zero-order valence-corrected chi connectivity index (χ0v) is 10.8. The van der Waals surface area contributed by atoms with E-state index in [9.17, 15) is 14.9 Å². The first kappa shape index (κ1) is 13.9. The lowest BCUT2D eigenvalue weighted by atomic mass is 10.2. The first-order valence-corrected chi connectivity index (χ1v) is 5.93. The molecule has 1 aromatic carbocycles. The molecule has 1 N–H and O–H groups in total. The molecular formula is C11H9ClN4O4. The summed E-state index contributed by atoms with van der Waals surface area (Å²) in [6.45, 7) is 0.275. The van der Waals surface area contributed by atoms with Gasteiger partial charge in [0, 0.05) is 24.6 Å². The van der Waals surface area contributed by atoms with Gasteiger partial charge in [-0.1, -0.05) is 16.8 Å². The van der Waals surface area contributed by atoms with E-state index in [1.54, 1.807) is 0 Å². The number of benzene rings is 1. The number of rotatable bonds is 5. The molecule has 8 nitrogen and oxygen atoms in total. The van der Waals surface area contributed by atoms with Crippen LogP contribution in [-0.4, -0.2) is 27.5 Å². The fourth-order valence-corrected chi connectivity index (χ4v) is 1.67. The fraction of sp³-hybridized carbons (Fsp3) is 0.182. The minimum absolute atomic E-state index is 0.0163. The van der Waals surface area contributed by atoms with Crippen molar-refractivity contribution in [2.45, 2.75) is 6.42 Å². The van der Waals surface area contributed by atoms with Gasteiger partial charge in [-0.2, -0.15) is 4.98 Å². The molecule has 2 aromatic rings. The summed E-state index contributed by atoms with van der Waals surface area (Å²) in [5.74, 6) is -0.0448. The van der Waals surface area contributed by atoms with Gasteiger partial charge in [0.05, 0.1) is 4.92 Å². The lowest BCUT2D eigenvalue weighted by molar-refractivity contribution is -0.384. The quantitative estimate of drug-likeness (QED) is 0.662. The maximum Gasteiger partial charge on any atom is 0.288 e. The van der Waals surface area contributed by atoms with Crippen molar-refractivity contribution >= 4 is 23.2 Å². The second-order valence-electron chi connectivity index (χ2n) is 3.76. The van der Waals surface area contributed by atoms with Crippen molar-refractivity contribution in [3.05, 3.63) is 51.1 Å². The van der Waals surface area contributed by atoms with Crippen molar-refractivity contribution in [1.82, 2.24) is 15.5 Å². The van der Waals surface area contributed by atoms with Gasteiger partial charge < -0.3 is 9.84 Å². The Balaban J connectivity index is 1.98. The summed E-state index contributed by atoms with van der Waals surface area (Å²) in [6, 6.07) is 3.86. The summed E-state index contributed by atoms with van der Waals surface area (Å²) in [7, 11) is 0. The second kappa shape index (κ2) is 6.11. The Morgan fingerprint density at radius 3 is 2.95 bits per heavy atom. The molecule has 0 unspecified atom stereocenters. The van der Waals surface area contributed by atoms with E-state index in [0.717, 1.165) is 6.07 Å². The number of nitro benzene ring substituents is 1. The van der Waals surface area contributed by atoms with Crippen LogP contribution in [0.3, 0.4) is 0 Å². The Labute approximate surface area is 117 Å². The second-order valence-corrected chi connectivity index (χ2v) is 4.17. The Morgan fingerprint density at radius 1 is 1.50 bits per heavy atom. The zero-order chi connectivity index (χ0) is 14.5. The van der Waals surface area contributed by atoms with Crippen LogP contribution in [0.2, 0.25) is 5.02 Å². The van der Waals surface area contributed by atoms with Crippen LogP contribution in [0.25, 0.3) is 0 Å². The summed E-state index contributed by atoms with van der Waals surface area (Å²) in [5.41, 5.74) is -0.150. The summed E-state index contributed by atoms with van der Waals surface area (Å²) < 4.78 is 4.77. The normalized spacial score (nSPS) is 10.2. The van der Waals surface area contributed by atoms with E-state index in [0.29, 0.717) is 12.3 Å². The molecule has 0 fully saturated rings. The van der Waals surface area contributed by atoms with Gasteiger partial charge in [0.1, 0.15) is 5.02 Å². The molecule has 2 rings (SSSR count). The summed E-state index contributed by atoms with van der Waals surface area (Å²) in [4.78, 5) is 25.7. The molecule has 1 aromatic heterocycles. The van der Waals surface area contributed by atoms with E-state index in [2.05, 4.69) is 15.5 Å². The third-order valence-corrected chi connectivity index (χ3v) is 2.76. The van der Waals surface area contributed by atoms with Crippen LogP contribution in [-0.2, 0) is 6.42 Å². The molecule has 0 radical (unpaired) electrons. The Bertz CT molecular complexity index is 629. The van der Waals surface area contributed by atoms with Crippen LogP contribution in [0.1, 0.15) is 16.2 Å². The van der Waals surface area contributed by atoms with Crippen LogP contribution in [0.4, 0.5) is 5.69 Å². The Hall–Kier alpha value is -2.48. The number of halogens is 1. The number of aromatic nitrogens is 2. The van der Waals surface area contributed by atoms with Crippen molar-refractivity contribution in [2.75, 3.05) is 6.54 Å². The molecule has 0 aliphatic carbocycles. The van der Waals surface area contributed by atoms with E-state index in [-0.39, 0.29) is 22.8 Å². The number of amides is 1. The minimum atomic E-state index is -0.641. The van der Waals surface area contributed by atoms with E-state index in [1.807, 2.05) is 0 Å². The highest BCUT2D eigenvalue weighted by molar-refractivity contribution is 6.32. The molecule has 9 heteroatoms. The number of hydrogen-bond acceptors (Lipinski definition) is 6. The van der Waals surface area contributed by atoms with Crippen LogP contribution in [0, 0.1) is 10.1 Å². The minimum Gasteiger partial charge on any atom is -0.352 e. The molecule has 0 atom stereocenters. The number of nitrogens with one attached hydrogen (secondary N) is 1. The highest BCUT2D eigenvalue weighted by Crippen LogP contribution is 2.24. The molecule has 0 spiro atoms. The molecule has 0 saturated heterocycles. The number of nitrogens with zero attached hydrogens (tertiary/aromatic N) is 3. The van der Waals surface area contributed by atoms with Gasteiger partial charge in [0.15, 0.2) is 6.33 Å². The maximum atomic E-state index is 11.8. The molecule has 0 aliphatic rings. The van der Waals surface area contributed by atoms with Crippen molar-refractivity contribution in [1.29, 1.82) is 0 Å². The summed E-state index contributed by atoms with van der Waals surface area (Å²) in [5, 5.41) is 16.7. The number of nitro groups is 1. The van der Waals surface area contributed by atoms with Crippen molar-refractivity contribution in [3.8, 4) is 0 Å². The van der Waals surface area contributed by atoms with Crippen molar-refractivity contribution in [2.24, 2.45) is 0 Å². The highest BCUT2D eigenvalue weighted by atomic mass is 35.5. The van der Waals surface area contributed by atoms with Gasteiger partial charge in [0.2, 0.25) is 5.89 Å². The van der Waals surface area contributed by atoms with Crippen molar-refractivity contribution < 1.29 is 14.2 Å².